The second-order valence-corrected chi connectivity index (χ2v) is 5.10. The number of hydrogen-bond acceptors (Lipinski definition) is 3. The molecule has 0 aliphatic heterocycles. The number of nitrogens with one attached hydrogen (secondary N) is 1. The van der Waals surface area contributed by atoms with E-state index in [9.17, 15) is 0 Å². The molecule has 82 valence electrons. The standard InChI is InChI=1S/C13H14N2S/c1-3-11(12-5-6-12)4-2-10(1)9-15-13-14-7-8-16-13/h1-4,7-8,12H,5-6,9H2,(H,14,15). The van der Waals surface area contributed by atoms with Crippen LogP contribution in [0.5, 0.6) is 0 Å². The summed E-state index contributed by atoms with van der Waals surface area (Å²) >= 11 is 1.64. The van der Waals surface area contributed by atoms with Crippen molar-refractivity contribution in [1.82, 2.24) is 4.98 Å². The second kappa shape index (κ2) is 4.26. The molecule has 2 aromatic rings. The lowest BCUT2D eigenvalue weighted by atomic mass is 10.1. The summed E-state index contributed by atoms with van der Waals surface area (Å²) in [6, 6.07) is 8.95. The van der Waals surface area contributed by atoms with Crippen molar-refractivity contribution in [3.05, 3.63) is 47.0 Å². The summed E-state index contributed by atoms with van der Waals surface area (Å²) in [5.74, 6) is 0.848. The van der Waals surface area contributed by atoms with Crippen molar-refractivity contribution in [3.63, 3.8) is 0 Å². The van der Waals surface area contributed by atoms with Gasteiger partial charge in [-0.1, -0.05) is 24.3 Å². The van der Waals surface area contributed by atoms with Crippen LogP contribution in [0.15, 0.2) is 35.8 Å². The normalized spacial score (nSPS) is 15.0. The maximum Gasteiger partial charge on any atom is 0.182 e. The molecule has 0 bridgehead atoms. The van der Waals surface area contributed by atoms with E-state index in [4.69, 9.17) is 0 Å². The third-order valence-electron chi connectivity index (χ3n) is 2.90. The number of benzene rings is 1. The van der Waals surface area contributed by atoms with Crippen LogP contribution in [0.3, 0.4) is 0 Å². The minimum absolute atomic E-state index is 0.848. The molecule has 3 rings (SSSR count). The molecule has 0 radical (unpaired) electrons. The van der Waals surface area contributed by atoms with E-state index in [1.165, 1.54) is 24.0 Å². The third kappa shape index (κ3) is 2.25. The van der Waals surface area contributed by atoms with Crippen molar-refractivity contribution in [2.45, 2.75) is 25.3 Å². The zero-order valence-corrected chi connectivity index (χ0v) is 9.83. The van der Waals surface area contributed by atoms with Crippen LogP contribution in [0.2, 0.25) is 0 Å². The van der Waals surface area contributed by atoms with Gasteiger partial charge in [-0.05, 0) is 29.9 Å². The maximum absolute atomic E-state index is 4.19. The van der Waals surface area contributed by atoms with Gasteiger partial charge < -0.3 is 5.32 Å². The molecule has 1 N–H and O–H groups in total. The van der Waals surface area contributed by atoms with Crippen molar-refractivity contribution < 1.29 is 0 Å². The van der Waals surface area contributed by atoms with E-state index in [0.717, 1.165) is 17.6 Å². The Balaban J connectivity index is 1.61. The molecule has 0 amide bonds. The highest BCUT2D eigenvalue weighted by atomic mass is 32.1. The Morgan fingerprint density at radius 1 is 1.25 bits per heavy atom. The highest BCUT2D eigenvalue weighted by molar-refractivity contribution is 7.13. The van der Waals surface area contributed by atoms with E-state index >= 15 is 0 Å². The monoisotopic (exact) mass is 230 g/mol. The second-order valence-electron chi connectivity index (χ2n) is 4.21. The van der Waals surface area contributed by atoms with E-state index in [-0.39, 0.29) is 0 Å². The molecule has 0 unspecified atom stereocenters. The van der Waals surface area contributed by atoms with Gasteiger partial charge in [0.1, 0.15) is 0 Å². The molecule has 1 aromatic carbocycles. The van der Waals surface area contributed by atoms with Crippen LogP contribution in [0.4, 0.5) is 5.13 Å². The lowest BCUT2D eigenvalue weighted by Gasteiger charge is -2.04. The number of rotatable bonds is 4. The minimum atomic E-state index is 0.848. The fraction of sp³-hybridized carbons (Fsp3) is 0.308. The van der Waals surface area contributed by atoms with Crippen LogP contribution >= 0.6 is 11.3 Å². The summed E-state index contributed by atoms with van der Waals surface area (Å²) < 4.78 is 0. The van der Waals surface area contributed by atoms with Crippen molar-refractivity contribution in [3.8, 4) is 0 Å². The summed E-state index contributed by atoms with van der Waals surface area (Å²) in [5, 5.41) is 6.29. The summed E-state index contributed by atoms with van der Waals surface area (Å²) in [5.41, 5.74) is 2.82. The molecule has 2 nitrogen and oxygen atoms in total. The predicted molar refractivity (Wildman–Crippen MR) is 67.9 cm³/mol. The zero-order chi connectivity index (χ0) is 10.8. The molecule has 1 aromatic heterocycles. The van der Waals surface area contributed by atoms with Crippen LogP contribution in [-0.4, -0.2) is 4.98 Å². The summed E-state index contributed by atoms with van der Waals surface area (Å²) in [4.78, 5) is 4.19. The predicted octanol–water partition coefficient (Wildman–Crippen LogP) is 3.63. The van der Waals surface area contributed by atoms with Gasteiger partial charge >= 0.3 is 0 Å². The topological polar surface area (TPSA) is 24.9 Å². The van der Waals surface area contributed by atoms with Gasteiger partial charge in [-0.2, -0.15) is 0 Å². The van der Waals surface area contributed by atoms with Crippen LogP contribution in [0, 0.1) is 0 Å². The minimum Gasteiger partial charge on any atom is -0.357 e. The molecular weight excluding hydrogens is 216 g/mol. The van der Waals surface area contributed by atoms with Gasteiger partial charge in [0.15, 0.2) is 5.13 Å². The van der Waals surface area contributed by atoms with Gasteiger partial charge in [0.2, 0.25) is 0 Å². The first-order valence-corrected chi connectivity index (χ1v) is 6.52. The number of hydrogen-bond donors (Lipinski definition) is 1. The van der Waals surface area contributed by atoms with Crippen LogP contribution < -0.4 is 5.32 Å². The van der Waals surface area contributed by atoms with E-state index in [1.807, 2.05) is 11.6 Å². The van der Waals surface area contributed by atoms with Gasteiger partial charge in [0.25, 0.3) is 0 Å². The van der Waals surface area contributed by atoms with Gasteiger partial charge in [-0.25, -0.2) is 4.98 Å². The average molecular weight is 230 g/mol. The first kappa shape index (κ1) is 9.85. The largest absolute Gasteiger partial charge is 0.357 e. The van der Waals surface area contributed by atoms with Crippen LogP contribution in [0.1, 0.15) is 29.9 Å². The van der Waals surface area contributed by atoms with Crippen molar-refractivity contribution in [2.24, 2.45) is 0 Å². The highest BCUT2D eigenvalue weighted by Crippen LogP contribution is 2.39. The number of thiazole rings is 1. The van der Waals surface area contributed by atoms with Gasteiger partial charge in [0.05, 0.1) is 0 Å². The van der Waals surface area contributed by atoms with Crippen molar-refractivity contribution >= 4 is 16.5 Å². The van der Waals surface area contributed by atoms with Gasteiger partial charge in [0, 0.05) is 18.1 Å². The Labute approximate surface area is 99.4 Å². The van der Waals surface area contributed by atoms with Gasteiger partial charge in [-0.3, -0.25) is 0 Å². The molecule has 0 spiro atoms. The maximum atomic E-state index is 4.19. The average Bonchev–Trinajstić information content (AvgIpc) is 3.05. The van der Waals surface area contributed by atoms with Crippen molar-refractivity contribution in [2.75, 3.05) is 5.32 Å². The molecule has 0 saturated heterocycles. The van der Waals surface area contributed by atoms with Crippen LogP contribution in [-0.2, 0) is 6.54 Å². The summed E-state index contributed by atoms with van der Waals surface area (Å²) in [6.07, 6.45) is 4.57. The third-order valence-corrected chi connectivity index (χ3v) is 3.64. The first-order valence-electron chi connectivity index (χ1n) is 5.64. The number of nitrogens with zero attached hydrogens (tertiary/aromatic N) is 1. The summed E-state index contributed by atoms with van der Waals surface area (Å²) in [6.45, 7) is 0.860. The lowest BCUT2D eigenvalue weighted by molar-refractivity contribution is 1.09. The molecule has 0 atom stereocenters. The fourth-order valence-electron chi connectivity index (χ4n) is 1.81. The van der Waals surface area contributed by atoms with E-state index in [2.05, 4.69) is 34.6 Å². The van der Waals surface area contributed by atoms with E-state index < -0.39 is 0 Å². The Morgan fingerprint density at radius 3 is 2.69 bits per heavy atom. The molecule has 1 saturated carbocycles. The summed E-state index contributed by atoms with van der Waals surface area (Å²) in [7, 11) is 0. The molecule has 1 aliphatic rings. The Morgan fingerprint density at radius 2 is 2.06 bits per heavy atom. The van der Waals surface area contributed by atoms with E-state index in [0.29, 0.717) is 0 Å². The fourth-order valence-corrected chi connectivity index (χ4v) is 2.34. The highest BCUT2D eigenvalue weighted by Gasteiger charge is 2.22. The quantitative estimate of drug-likeness (QED) is 0.867. The van der Waals surface area contributed by atoms with Gasteiger partial charge in [-0.15, -0.1) is 11.3 Å². The molecular formula is C13H14N2S. The Bertz CT molecular complexity index is 443. The molecule has 3 heteroatoms. The van der Waals surface area contributed by atoms with E-state index in [1.54, 1.807) is 11.3 Å². The molecule has 1 fully saturated rings. The smallest absolute Gasteiger partial charge is 0.182 e. The Hall–Kier alpha value is -1.35. The number of anilines is 1. The molecule has 1 aliphatic carbocycles. The number of aromatic nitrogens is 1. The molecule has 1 heterocycles. The SMILES string of the molecule is c1csc(NCc2ccc(C3CC3)cc2)n1. The van der Waals surface area contributed by atoms with Crippen molar-refractivity contribution in [1.29, 1.82) is 0 Å². The lowest BCUT2D eigenvalue weighted by Crippen LogP contribution is -1.98. The zero-order valence-electron chi connectivity index (χ0n) is 9.02. The first-order chi connectivity index (χ1) is 7.92. The van der Waals surface area contributed by atoms with Crippen LogP contribution in [0.25, 0.3) is 0 Å². The Kier molecular flexibility index (Phi) is 2.62. The molecule has 16 heavy (non-hydrogen) atoms.